The van der Waals surface area contributed by atoms with E-state index in [2.05, 4.69) is 10.6 Å². The van der Waals surface area contributed by atoms with Gasteiger partial charge in [0.25, 0.3) is 5.91 Å². The fourth-order valence-corrected chi connectivity index (χ4v) is 3.25. The summed E-state index contributed by atoms with van der Waals surface area (Å²) in [7, 11) is 3.87. The number of nitrogens with one attached hydrogen (secondary N) is 2. The zero-order valence-corrected chi connectivity index (χ0v) is 19.2. The molecule has 2 aromatic carbocycles. The lowest BCUT2D eigenvalue weighted by Crippen LogP contribution is -2.38. The van der Waals surface area contributed by atoms with Gasteiger partial charge in [0.1, 0.15) is 5.82 Å². The van der Waals surface area contributed by atoms with Gasteiger partial charge in [0.2, 0.25) is 0 Å². The standard InChI is InChI=1S/C24H33FN4O2/c1-7-17(4)29(23(30)18-8-10-20(25)11-9-18)15-19-14-21(12-13-22(19)28(5)6)27-24(31)26-16(2)3/h8-14,16-17H,7,15H2,1-6H3,(H2,26,27,31)/t17-/m1/s1. The summed E-state index contributed by atoms with van der Waals surface area (Å²) in [6.07, 6.45) is 0.777. The predicted octanol–water partition coefficient (Wildman–Crippen LogP) is 4.86. The van der Waals surface area contributed by atoms with Crippen LogP contribution in [0.25, 0.3) is 0 Å². The zero-order chi connectivity index (χ0) is 23.1. The molecule has 168 valence electrons. The first-order valence-corrected chi connectivity index (χ1v) is 10.6. The number of nitrogens with zero attached hydrogens (tertiary/aromatic N) is 2. The number of carbonyl (C=O) groups is 2. The van der Waals surface area contributed by atoms with Gasteiger partial charge in [-0.25, -0.2) is 9.18 Å². The lowest BCUT2D eigenvalue weighted by Gasteiger charge is -2.31. The van der Waals surface area contributed by atoms with E-state index in [1.54, 1.807) is 4.90 Å². The van der Waals surface area contributed by atoms with E-state index >= 15 is 0 Å². The number of urea groups is 1. The molecule has 6 nitrogen and oxygen atoms in total. The highest BCUT2D eigenvalue weighted by molar-refractivity contribution is 5.94. The van der Waals surface area contributed by atoms with Crippen LogP contribution in [0.1, 0.15) is 50.0 Å². The van der Waals surface area contributed by atoms with Gasteiger partial charge >= 0.3 is 6.03 Å². The summed E-state index contributed by atoms with van der Waals surface area (Å²) in [6.45, 7) is 8.17. The van der Waals surface area contributed by atoms with Gasteiger partial charge in [0.15, 0.2) is 0 Å². The highest BCUT2D eigenvalue weighted by Crippen LogP contribution is 2.26. The van der Waals surface area contributed by atoms with Crippen molar-refractivity contribution in [1.29, 1.82) is 0 Å². The van der Waals surface area contributed by atoms with Gasteiger partial charge in [0, 0.05) is 49.7 Å². The molecule has 0 heterocycles. The summed E-state index contributed by atoms with van der Waals surface area (Å²) in [5.41, 5.74) is 2.95. The quantitative estimate of drug-likeness (QED) is 0.631. The van der Waals surface area contributed by atoms with E-state index < -0.39 is 0 Å². The van der Waals surface area contributed by atoms with Crippen molar-refractivity contribution in [1.82, 2.24) is 10.2 Å². The van der Waals surface area contributed by atoms with Crippen molar-refractivity contribution in [3.8, 4) is 0 Å². The molecule has 0 unspecified atom stereocenters. The SMILES string of the molecule is CC[C@@H](C)N(Cc1cc(NC(=O)NC(C)C)ccc1N(C)C)C(=O)c1ccc(F)cc1. The molecular weight excluding hydrogens is 395 g/mol. The number of amides is 3. The summed E-state index contributed by atoms with van der Waals surface area (Å²) in [5, 5.41) is 5.65. The number of halogens is 1. The lowest BCUT2D eigenvalue weighted by molar-refractivity contribution is 0.0672. The molecule has 0 radical (unpaired) electrons. The Morgan fingerprint density at radius 2 is 1.68 bits per heavy atom. The van der Waals surface area contributed by atoms with Crippen molar-refractivity contribution < 1.29 is 14.0 Å². The van der Waals surface area contributed by atoms with Crippen molar-refractivity contribution in [2.45, 2.75) is 52.7 Å². The van der Waals surface area contributed by atoms with E-state index in [-0.39, 0.29) is 29.8 Å². The Labute approximate surface area is 184 Å². The normalized spacial score (nSPS) is 11.7. The second-order valence-corrected chi connectivity index (χ2v) is 8.19. The van der Waals surface area contributed by atoms with Crippen LogP contribution in [0.15, 0.2) is 42.5 Å². The maximum Gasteiger partial charge on any atom is 0.319 e. The first-order valence-electron chi connectivity index (χ1n) is 10.6. The molecule has 0 bridgehead atoms. The van der Waals surface area contributed by atoms with Crippen LogP contribution < -0.4 is 15.5 Å². The molecule has 0 saturated heterocycles. The average molecular weight is 429 g/mol. The second kappa shape index (κ2) is 10.8. The monoisotopic (exact) mass is 428 g/mol. The Morgan fingerprint density at radius 3 is 2.23 bits per heavy atom. The van der Waals surface area contributed by atoms with Crippen LogP contribution >= 0.6 is 0 Å². The Hall–Kier alpha value is -3.09. The van der Waals surface area contributed by atoms with E-state index in [4.69, 9.17) is 0 Å². The molecule has 2 aromatic rings. The Bertz CT molecular complexity index is 897. The molecule has 0 aliphatic carbocycles. The van der Waals surface area contributed by atoms with Gasteiger partial charge in [-0.15, -0.1) is 0 Å². The summed E-state index contributed by atoms with van der Waals surface area (Å²) < 4.78 is 13.3. The molecule has 0 saturated carbocycles. The fraction of sp³-hybridized carbons (Fsp3) is 0.417. The molecule has 0 aromatic heterocycles. The van der Waals surface area contributed by atoms with Crippen LogP contribution in [0.2, 0.25) is 0 Å². The summed E-state index contributed by atoms with van der Waals surface area (Å²) >= 11 is 0. The van der Waals surface area contributed by atoms with Crippen molar-refractivity contribution >= 4 is 23.3 Å². The molecule has 0 spiro atoms. The van der Waals surface area contributed by atoms with Gasteiger partial charge in [-0.1, -0.05) is 6.92 Å². The smallest absolute Gasteiger partial charge is 0.319 e. The third-order valence-corrected chi connectivity index (χ3v) is 5.05. The number of carbonyl (C=O) groups excluding carboxylic acids is 2. The molecule has 0 aliphatic heterocycles. The minimum absolute atomic E-state index is 0.0200. The van der Waals surface area contributed by atoms with Crippen molar-refractivity contribution in [2.75, 3.05) is 24.3 Å². The van der Waals surface area contributed by atoms with Crippen LogP contribution in [0.5, 0.6) is 0 Å². The average Bonchev–Trinajstić information content (AvgIpc) is 2.70. The Balaban J connectivity index is 2.37. The van der Waals surface area contributed by atoms with E-state index in [9.17, 15) is 14.0 Å². The van der Waals surface area contributed by atoms with Gasteiger partial charge in [-0.05, 0) is 75.2 Å². The zero-order valence-electron chi connectivity index (χ0n) is 19.2. The fourth-order valence-electron chi connectivity index (χ4n) is 3.25. The van der Waals surface area contributed by atoms with E-state index in [0.717, 1.165) is 17.7 Å². The topological polar surface area (TPSA) is 64.7 Å². The van der Waals surface area contributed by atoms with Crippen molar-refractivity contribution in [3.63, 3.8) is 0 Å². The van der Waals surface area contributed by atoms with E-state index in [1.165, 1.54) is 24.3 Å². The first-order chi connectivity index (χ1) is 14.6. The van der Waals surface area contributed by atoms with Gasteiger partial charge in [0.05, 0.1) is 0 Å². The number of rotatable bonds is 8. The van der Waals surface area contributed by atoms with E-state index in [0.29, 0.717) is 17.8 Å². The molecule has 31 heavy (non-hydrogen) atoms. The minimum Gasteiger partial charge on any atom is -0.377 e. The molecule has 2 N–H and O–H groups in total. The Kier molecular flexibility index (Phi) is 8.42. The van der Waals surface area contributed by atoms with Crippen molar-refractivity contribution in [3.05, 3.63) is 59.4 Å². The lowest BCUT2D eigenvalue weighted by atomic mass is 10.1. The van der Waals surface area contributed by atoms with Crippen LogP contribution in [0.3, 0.4) is 0 Å². The summed E-state index contributed by atoms with van der Waals surface area (Å²) in [4.78, 5) is 29.1. The first kappa shape index (κ1) is 24.2. The summed E-state index contributed by atoms with van der Waals surface area (Å²) in [6, 6.07) is 11.0. The Morgan fingerprint density at radius 1 is 1.03 bits per heavy atom. The number of anilines is 2. The number of benzene rings is 2. The molecule has 0 fully saturated rings. The minimum atomic E-state index is -0.375. The number of hydrogen-bond acceptors (Lipinski definition) is 3. The van der Waals surface area contributed by atoms with Gasteiger partial charge in [-0.3, -0.25) is 4.79 Å². The van der Waals surface area contributed by atoms with Crippen LogP contribution in [0, 0.1) is 5.82 Å². The van der Waals surface area contributed by atoms with Crippen molar-refractivity contribution in [2.24, 2.45) is 0 Å². The summed E-state index contributed by atoms with van der Waals surface area (Å²) in [5.74, 6) is -0.532. The third kappa shape index (κ3) is 6.70. The van der Waals surface area contributed by atoms with Crippen LogP contribution in [-0.2, 0) is 6.54 Å². The molecule has 7 heteroatoms. The highest BCUT2D eigenvalue weighted by Gasteiger charge is 2.23. The molecule has 2 rings (SSSR count). The van der Waals surface area contributed by atoms with Gasteiger partial charge < -0.3 is 20.4 Å². The molecule has 1 atom stereocenters. The molecular formula is C24H33FN4O2. The third-order valence-electron chi connectivity index (χ3n) is 5.05. The predicted molar refractivity (Wildman–Crippen MR) is 124 cm³/mol. The van der Waals surface area contributed by atoms with Crippen LogP contribution in [-0.4, -0.2) is 43.0 Å². The molecule has 3 amide bonds. The second-order valence-electron chi connectivity index (χ2n) is 8.19. The van der Waals surface area contributed by atoms with Gasteiger partial charge in [-0.2, -0.15) is 0 Å². The van der Waals surface area contributed by atoms with Crippen LogP contribution in [0.4, 0.5) is 20.6 Å². The van der Waals surface area contributed by atoms with E-state index in [1.807, 2.05) is 64.9 Å². The number of hydrogen-bond donors (Lipinski definition) is 2. The largest absolute Gasteiger partial charge is 0.377 e. The maximum atomic E-state index is 13.3. The molecule has 0 aliphatic rings. The highest BCUT2D eigenvalue weighted by atomic mass is 19.1. The maximum absolute atomic E-state index is 13.3.